The van der Waals surface area contributed by atoms with Gasteiger partial charge in [0.1, 0.15) is 11.6 Å². The first-order valence-corrected chi connectivity index (χ1v) is 8.05. The molecule has 0 heterocycles. The lowest BCUT2D eigenvalue weighted by atomic mass is 9.75. The average molecular weight is 342 g/mol. The van der Waals surface area contributed by atoms with Crippen LogP contribution in [0, 0.1) is 11.2 Å². The Balaban J connectivity index is 2.18. The van der Waals surface area contributed by atoms with Crippen LogP contribution < -0.4 is 5.73 Å². The van der Waals surface area contributed by atoms with E-state index in [2.05, 4.69) is 15.9 Å². The summed E-state index contributed by atoms with van der Waals surface area (Å²) < 4.78 is 13.9. The minimum absolute atomic E-state index is 0.160. The Bertz CT molecular complexity index is 481. The Labute approximate surface area is 128 Å². The summed E-state index contributed by atoms with van der Waals surface area (Å²) in [6, 6.07) is 4.83. The van der Waals surface area contributed by atoms with E-state index in [0.717, 1.165) is 25.7 Å². The van der Waals surface area contributed by atoms with Crippen LogP contribution in [-0.2, 0) is 11.2 Å². The fraction of sp³-hybridized carbons (Fsp3) is 0.562. The number of hydrogen-bond acceptors (Lipinski definition) is 2. The molecular formula is C16H21BrFNO. The lowest BCUT2D eigenvalue weighted by Crippen LogP contribution is -2.39. The third-order valence-corrected chi connectivity index (χ3v) is 5.31. The topological polar surface area (TPSA) is 43.1 Å². The molecule has 0 radical (unpaired) electrons. The van der Waals surface area contributed by atoms with Crippen molar-refractivity contribution in [2.24, 2.45) is 11.1 Å². The van der Waals surface area contributed by atoms with Gasteiger partial charge < -0.3 is 5.73 Å². The first kappa shape index (κ1) is 15.6. The third kappa shape index (κ3) is 3.29. The van der Waals surface area contributed by atoms with Crippen LogP contribution in [0.15, 0.2) is 22.7 Å². The van der Waals surface area contributed by atoms with E-state index in [4.69, 9.17) is 5.73 Å². The molecule has 0 spiro atoms. The Morgan fingerprint density at radius 3 is 2.50 bits per heavy atom. The molecule has 1 aromatic carbocycles. The Hall–Kier alpha value is -0.740. The predicted molar refractivity (Wildman–Crippen MR) is 82.0 cm³/mol. The van der Waals surface area contributed by atoms with Gasteiger partial charge in [-0.3, -0.25) is 4.79 Å². The van der Waals surface area contributed by atoms with E-state index in [-0.39, 0.29) is 18.0 Å². The average Bonchev–Trinajstić information content (AvgIpc) is 2.70. The van der Waals surface area contributed by atoms with E-state index in [9.17, 15) is 9.18 Å². The number of ketones is 1. The molecule has 0 aliphatic heterocycles. The number of benzene rings is 1. The van der Waals surface area contributed by atoms with Gasteiger partial charge in [-0.2, -0.15) is 0 Å². The summed E-state index contributed by atoms with van der Waals surface area (Å²) in [4.78, 5) is 12.7. The maximum atomic E-state index is 13.5. The zero-order valence-corrected chi connectivity index (χ0v) is 13.2. The van der Waals surface area contributed by atoms with Crippen molar-refractivity contribution in [1.82, 2.24) is 0 Å². The zero-order chi connectivity index (χ0) is 14.6. The van der Waals surface area contributed by atoms with E-state index in [1.165, 1.54) is 18.9 Å². The summed E-state index contributed by atoms with van der Waals surface area (Å²) in [6.45, 7) is 0.402. The van der Waals surface area contributed by atoms with E-state index >= 15 is 0 Å². The smallest absolute Gasteiger partial charge is 0.144 e. The molecule has 20 heavy (non-hydrogen) atoms. The van der Waals surface area contributed by atoms with Gasteiger partial charge in [-0.15, -0.1) is 0 Å². The molecule has 2 nitrogen and oxygen atoms in total. The van der Waals surface area contributed by atoms with Crippen LogP contribution in [0.4, 0.5) is 4.39 Å². The highest BCUT2D eigenvalue weighted by Gasteiger charge is 2.36. The van der Waals surface area contributed by atoms with Gasteiger partial charge in [0.05, 0.1) is 4.47 Å². The molecule has 2 rings (SSSR count). The lowest BCUT2D eigenvalue weighted by molar-refractivity contribution is -0.128. The fourth-order valence-electron chi connectivity index (χ4n) is 3.05. The van der Waals surface area contributed by atoms with Crippen molar-refractivity contribution in [2.45, 2.75) is 44.9 Å². The van der Waals surface area contributed by atoms with Crippen molar-refractivity contribution in [3.8, 4) is 0 Å². The quantitative estimate of drug-likeness (QED) is 0.841. The lowest BCUT2D eigenvalue weighted by Gasteiger charge is -2.30. The van der Waals surface area contributed by atoms with Crippen molar-refractivity contribution in [2.75, 3.05) is 6.54 Å². The Kier molecular flexibility index (Phi) is 5.33. The van der Waals surface area contributed by atoms with Crippen molar-refractivity contribution in [3.05, 3.63) is 34.1 Å². The number of nitrogens with two attached hydrogens (primary N) is 1. The number of Topliss-reactive ketones (excluding diaryl/α,β-unsaturated/α-hetero) is 1. The first-order valence-electron chi connectivity index (χ1n) is 7.25. The monoisotopic (exact) mass is 341 g/mol. The first-order chi connectivity index (χ1) is 9.59. The number of carbonyl (C=O) groups excluding carboxylic acids is 1. The van der Waals surface area contributed by atoms with E-state index in [1.54, 1.807) is 12.1 Å². The molecule has 0 aromatic heterocycles. The molecule has 1 aromatic rings. The molecular weight excluding hydrogens is 321 g/mol. The molecule has 1 fully saturated rings. The summed E-state index contributed by atoms with van der Waals surface area (Å²) in [5, 5.41) is 0. The summed E-state index contributed by atoms with van der Waals surface area (Å²) in [5.74, 6) is -0.161. The van der Waals surface area contributed by atoms with Gasteiger partial charge in [0, 0.05) is 18.4 Å². The van der Waals surface area contributed by atoms with E-state index in [1.807, 2.05) is 0 Å². The normalized spacial score (nSPS) is 18.6. The van der Waals surface area contributed by atoms with Crippen LogP contribution in [0.1, 0.15) is 44.1 Å². The SMILES string of the molecule is NCC1(C(=O)Cc2cccc(F)c2Br)CCCCCC1. The third-order valence-electron chi connectivity index (χ3n) is 4.43. The Morgan fingerprint density at radius 2 is 1.90 bits per heavy atom. The van der Waals surface area contributed by atoms with Crippen molar-refractivity contribution in [3.63, 3.8) is 0 Å². The predicted octanol–water partition coefficient (Wildman–Crippen LogP) is 4.00. The van der Waals surface area contributed by atoms with Gasteiger partial charge in [-0.25, -0.2) is 4.39 Å². The minimum atomic E-state index is -0.401. The van der Waals surface area contributed by atoms with Crippen molar-refractivity contribution in [1.29, 1.82) is 0 Å². The highest BCUT2D eigenvalue weighted by Crippen LogP contribution is 2.36. The van der Waals surface area contributed by atoms with Gasteiger partial charge in [-0.05, 0) is 40.4 Å². The molecule has 0 atom stereocenters. The molecule has 1 aliphatic rings. The van der Waals surface area contributed by atoms with Crippen LogP contribution in [-0.4, -0.2) is 12.3 Å². The summed E-state index contributed by atoms with van der Waals surface area (Å²) in [7, 11) is 0. The number of hydrogen-bond donors (Lipinski definition) is 1. The van der Waals surface area contributed by atoms with E-state index < -0.39 is 5.41 Å². The summed E-state index contributed by atoms with van der Waals surface area (Å²) >= 11 is 3.23. The largest absolute Gasteiger partial charge is 0.329 e. The van der Waals surface area contributed by atoms with Crippen molar-refractivity contribution < 1.29 is 9.18 Å². The second-order valence-corrected chi connectivity index (χ2v) is 6.50. The maximum Gasteiger partial charge on any atom is 0.144 e. The second kappa shape index (κ2) is 6.81. The number of carbonyl (C=O) groups is 1. The van der Waals surface area contributed by atoms with Crippen LogP contribution in [0.2, 0.25) is 0 Å². The van der Waals surface area contributed by atoms with Crippen LogP contribution in [0.25, 0.3) is 0 Å². The van der Waals surface area contributed by atoms with Gasteiger partial charge in [0.2, 0.25) is 0 Å². The molecule has 0 saturated heterocycles. The van der Waals surface area contributed by atoms with E-state index in [0.29, 0.717) is 16.6 Å². The highest BCUT2D eigenvalue weighted by atomic mass is 79.9. The maximum absolute atomic E-state index is 13.5. The molecule has 4 heteroatoms. The highest BCUT2D eigenvalue weighted by molar-refractivity contribution is 9.10. The second-order valence-electron chi connectivity index (χ2n) is 5.71. The zero-order valence-electron chi connectivity index (χ0n) is 11.6. The van der Waals surface area contributed by atoms with Crippen LogP contribution in [0.5, 0.6) is 0 Å². The van der Waals surface area contributed by atoms with Gasteiger partial charge in [0.25, 0.3) is 0 Å². The fourth-order valence-corrected chi connectivity index (χ4v) is 3.45. The van der Waals surface area contributed by atoms with Crippen molar-refractivity contribution >= 4 is 21.7 Å². The Morgan fingerprint density at radius 1 is 1.25 bits per heavy atom. The molecule has 1 saturated carbocycles. The molecule has 110 valence electrons. The standard InChI is InChI=1S/C16H21BrFNO/c17-15-12(6-5-7-13(15)18)10-14(20)16(11-19)8-3-1-2-4-9-16/h5-7H,1-4,8-11,19H2. The molecule has 0 bridgehead atoms. The van der Waals surface area contributed by atoms with Crippen LogP contribution >= 0.6 is 15.9 Å². The minimum Gasteiger partial charge on any atom is -0.329 e. The molecule has 0 unspecified atom stereocenters. The summed E-state index contributed by atoms with van der Waals surface area (Å²) in [5.41, 5.74) is 6.24. The molecule has 2 N–H and O–H groups in total. The molecule has 1 aliphatic carbocycles. The molecule has 0 amide bonds. The van der Waals surface area contributed by atoms with Crippen LogP contribution in [0.3, 0.4) is 0 Å². The summed E-state index contributed by atoms with van der Waals surface area (Å²) in [6.07, 6.45) is 6.48. The number of halogens is 2. The van der Waals surface area contributed by atoms with Gasteiger partial charge in [0.15, 0.2) is 0 Å². The van der Waals surface area contributed by atoms with Gasteiger partial charge in [-0.1, -0.05) is 37.8 Å². The van der Waals surface area contributed by atoms with Gasteiger partial charge >= 0.3 is 0 Å². The number of rotatable bonds is 4.